The van der Waals surface area contributed by atoms with E-state index in [-0.39, 0.29) is 31.2 Å². The topological polar surface area (TPSA) is 32.3 Å². The van der Waals surface area contributed by atoms with Crippen LogP contribution < -0.4 is 5.32 Å². The number of amides is 1. The molecule has 3 aliphatic rings. The van der Waals surface area contributed by atoms with Gasteiger partial charge in [-0.15, -0.1) is 0 Å². The zero-order valence-corrected chi connectivity index (χ0v) is 8.40. The minimum atomic E-state index is -4.21. The molecule has 1 amide bonds. The average Bonchev–Trinajstić information content (AvgIpc) is 2.55. The van der Waals surface area contributed by atoms with E-state index in [0.29, 0.717) is 6.54 Å². The number of hydrogen-bond acceptors (Lipinski definition) is 2. The molecule has 3 fully saturated rings. The summed E-state index contributed by atoms with van der Waals surface area (Å²) in [5.41, 5.74) is -1.70. The third-order valence-electron chi connectivity index (χ3n) is 3.48. The Bertz CT molecular complexity index is 284. The molecule has 86 valence electrons. The monoisotopic (exact) mass is 222 g/mol. The Balaban J connectivity index is 2.10. The van der Waals surface area contributed by atoms with Gasteiger partial charge in [-0.3, -0.25) is 9.69 Å². The first kappa shape index (κ1) is 10.7. The van der Waals surface area contributed by atoms with Gasteiger partial charge in [0.1, 0.15) is 5.54 Å². The largest absolute Gasteiger partial charge is 0.406 e. The van der Waals surface area contributed by atoms with Crippen molar-refractivity contribution in [1.82, 2.24) is 10.2 Å². The first-order valence-electron chi connectivity index (χ1n) is 4.91. The number of hydrogen-bond donors (Lipinski definition) is 1. The van der Waals surface area contributed by atoms with Crippen LogP contribution in [0, 0.1) is 5.92 Å². The van der Waals surface area contributed by atoms with Gasteiger partial charge >= 0.3 is 6.18 Å². The maximum atomic E-state index is 12.8. The summed E-state index contributed by atoms with van der Waals surface area (Å²) < 4.78 is 38.4. The molecule has 2 bridgehead atoms. The second-order valence-electron chi connectivity index (χ2n) is 4.36. The summed E-state index contributed by atoms with van der Waals surface area (Å²) in [4.78, 5) is 12.4. The van der Waals surface area contributed by atoms with Crippen molar-refractivity contribution in [2.24, 2.45) is 5.92 Å². The Morgan fingerprint density at radius 3 is 2.60 bits per heavy atom. The Morgan fingerprint density at radius 2 is 2.13 bits per heavy atom. The Kier molecular flexibility index (Phi) is 2.22. The lowest BCUT2D eigenvalue weighted by molar-refractivity contribution is -0.236. The molecule has 1 aliphatic carbocycles. The number of nitrogens with one attached hydrogen (secondary N) is 1. The second-order valence-corrected chi connectivity index (χ2v) is 4.36. The SMILES string of the molecule is CNC(=O)CN1CC2CC1(C(F)(F)F)C2. The second kappa shape index (κ2) is 3.10. The summed E-state index contributed by atoms with van der Waals surface area (Å²) in [6.45, 7) is 0.249. The van der Waals surface area contributed by atoms with Crippen LogP contribution in [0.2, 0.25) is 0 Å². The molecule has 1 N–H and O–H groups in total. The highest BCUT2D eigenvalue weighted by atomic mass is 19.4. The molecule has 0 unspecified atom stereocenters. The van der Waals surface area contributed by atoms with Gasteiger partial charge in [-0.1, -0.05) is 0 Å². The number of carbonyl (C=O) groups excluding carboxylic acids is 1. The molecule has 1 saturated carbocycles. The van der Waals surface area contributed by atoms with Gasteiger partial charge in [0.05, 0.1) is 6.54 Å². The van der Waals surface area contributed by atoms with Crippen LogP contribution in [0.15, 0.2) is 0 Å². The lowest BCUT2D eigenvalue weighted by Gasteiger charge is -2.43. The third kappa shape index (κ3) is 1.42. The highest BCUT2D eigenvalue weighted by molar-refractivity contribution is 5.77. The highest BCUT2D eigenvalue weighted by Crippen LogP contribution is 2.58. The smallest absolute Gasteiger partial charge is 0.358 e. The summed E-state index contributed by atoms with van der Waals surface area (Å²) in [6, 6.07) is 0. The number of alkyl halides is 3. The van der Waals surface area contributed by atoms with Crippen LogP contribution in [0.25, 0.3) is 0 Å². The number of nitrogens with zero attached hydrogens (tertiary/aromatic N) is 1. The molecule has 0 spiro atoms. The molecule has 2 aliphatic heterocycles. The number of carbonyl (C=O) groups is 1. The Hall–Kier alpha value is -0.780. The highest BCUT2D eigenvalue weighted by Gasteiger charge is 2.69. The van der Waals surface area contributed by atoms with Crippen LogP contribution in [-0.2, 0) is 4.79 Å². The van der Waals surface area contributed by atoms with E-state index in [2.05, 4.69) is 5.32 Å². The van der Waals surface area contributed by atoms with E-state index in [4.69, 9.17) is 0 Å². The minimum Gasteiger partial charge on any atom is -0.358 e. The lowest BCUT2D eigenvalue weighted by Crippen LogP contribution is -2.58. The number of halogens is 3. The van der Waals surface area contributed by atoms with Crippen LogP contribution in [-0.4, -0.2) is 42.7 Å². The van der Waals surface area contributed by atoms with Gasteiger partial charge in [0.15, 0.2) is 0 Å². The fraction of sp³-hybridized carbons (Fsp3) is 0.889. The standard InChI is InChI=1S/C9H13F3N2O/c1-13-7(15)5-14-4-6-2-8(14,3-6)9(10,11)12/h6H,2-5H2,1H3,(H,13,15). The van der Waals surface area contributed by atoms with Gasteiger partial charge in [-0.05, 0) is 18.8 Å². The normalized spacial score (nSPS) is 35.1. The van der Waals surface area contributed by atoms with Crippen LogP contribution in [0.3, 0.4) is 0 Å². The molecule has 2 heterocycles. The van der Waals surface area contributed by atoms with E-state index < -0.39 is 11.7 Å². The molecule has 0 atom stereocenters. The molecule has 0 radical (unpaired) electrons. The predicted molar refractivity (Wildman–Crippen MR) is 47.1 cm³/mol. The average molecular weight is 222 g/mol. The molecule has 0 aromatic carbocycles. The van der Waals surface area contributed by atoms with E-state index in [9.17, 15) is 18.0 Å². The molecule has 3 nitrogen and oxygen atoms in total. The summed E-state index contributed by atoms with van der Waals surface area (Å²) in [7, 11) is 1.43. The Morgan fingerprint density at radius 1 is 1.53 bits per heavy atom. The molecule has 6 heteroatoms. The number of fused-ring (bicyclic) bond motifs is 1. The predicted octanol–water partition coefficient (Wildman–Crippen LogP) is 0.759. The molecular formula is C9H13F3N2O. The summed E-state index contributed by atoms with van der Waals surface area (Å²) in [5, 5.41) is 2.35. The molecular weight excluding hydrogens is 209 g/mol. The van der Waals surface area contributed by atoms with Crippen molar-refractivity contribution < 1.29 is 18.0 Å². The zero-order chi connectivity index (χ0) is 11.3. The summed E-state index contributed by atoms with van der Waals surface area (Å²) >= 11 is 0. The molecule has 15 heavy (non-hydrogen) atoms. The first-order valence-corrected chi connectivity index (χ1v) is 4.91. The molecule has 2 saturated heterocycles. The molecule has 3 rings (SSSR count). The van der Waals surface area contributed by atoms with Gasteiger partial charge in [0.25, 0.3) is 0 Å². The van der Waals surface area contributed by atoms with Crippen molar-refractivity contribution in [2.45, 2.75) is 24.6 Å². The maximum Gasteiger partial charge on any atom is 0.406 e. The van der Waals surface area contributed by atoms with Crippen molar-refractivity contribution >= 4 is 5.91 Å². The van der Waals surface area contributed by atoms with Gasteiger partial charge in [0, 0.05) is 13.6 Å². The van der Waals surface area contributed by atoms with Gasteiger partial charge < -0.3 is 5.32 Å². The zero-order valence-electron chi connectivity index (χ0n) is 8.40. The van der Waals surface area contributed by atoms with Crippen molar-refractivity contribution in [1.29, 1.82) is 0 Å². The van der Waals surface area contributed by atoms with E-state index in [1.807, 2.05) is 0 Å². The van der Waals surface area contributed by atoms with E-state index in [1.165, 1.54) is 11.9 Å². The van der Waals surface area contributed by atoms with E-state index >= 15 is 0 Å². The van der Waals surface area contributed by atoms with Crippen molar-refractivity contribution in [3.05, 3.63) is 0 Å². The fourth-order valence-corrected chi connectivity index (χ4v) is 2.65. The molecule has 0 aromatic rings. The van der Waals surface area contributed by atoms with Crippen molar-refractivity contribution in [2.75, 3.05) is 20.1 Å². The maximum absolute atomic E-state index is 12.8. The van der Waals surface area contributed by atoms with Crippen LogP contribution in [0.4, 0.5) is 13.2 Å². The van der Waals surface area contributed by atoms with Gasteiger partial charge in [-0.25, -0.2) is 0 Å². The van der Waals surface area contributed by atoms with E-state index in [0.717, 1.165) is 0 Å². The van der Waals surface area contributed by atoms with Gasteiger partial charge in [0.2, 0.25) is 5.91 Å². The molecule has 0 aromatic heterocycles. The van der Waals surface area contributed by atoms with Gasteiger partial charge in [-0.2, -0.15) is 13.2 Å². The summed E-state index contributed by atoms with van der Waals surface area (Å²) in [6.07, 6.45) is -3.89. The van der Waals surface area contributed by atoms with Crippen LogP contribution in [0.1, 0.15) is 12.8 Å². The summed E-state index contributed by atoms with van der Waals surface area (Å²) in [5.74, 6) is -0.234. The van der Waals surface area contributed by atoms with Crippen LogP contribution >= 0.6 is 0 Å². The number of likely N-dealkylation sites (N-methyl/N-ethyl adjacent to an activating group) is 1. The number of rotatable bonds is 2. The fourth-order valence-electron chi connectivity index (χ4n) is 2.65. The lowest BCUT2D eigenvalue weighted by atomic mass is 9.73. The van der Waals surface area contributed by atoms with Crippen molar-refractivity contribution in [3.63, 3.8) is 0 Å². The van der Waals surface area contributed by atoms with Crippen molar-refractivity contribution in [3.8, 4) is 0 Å². The Labute approximate surface area is 85.6 Å². The van der Waals surface area contributed by atoms with E-state index in [1.54, 1.807) is 0 Å². The third-order valence-corrected chi connectivity index (χ3v) is 3.48. The minimum absolute atomic E-state index is 0.122. The van der Waals surface area contributed by atoms with Crippen LogP contribution in [0.5, 0.6) is 0 Å². The first-order chi connectivity index (χ1) is 6.89. The quantitative estimate of drug-likeness (QED) is 0.748.